The first-order chi connectivity index (χ1) is 8.80. The number of anilines is 1. The first-order valence-electron chi connectivity index (χ1n) is 6.14. The molecule has 2 rings (SSSR count). The summed E-state index contributed by atoms with van der Waals surface area (Å²) < 4.78 is 10.3. The summed E-state index contributed by atoms with van der Waals surface area (Å²) in [4.78, 5) is 7.77. The summed E-state index contributed by atoms with van der Waals surface area (Å²) in [6, 6.07) is 0.591. The predicted octanol–water partition coefficient (Wildman–Crippen LogP) is 1.40. The number of rotatable bonds is 8. The fraction of sp³-hybridized carbons (Fsp3) is 0.750. The third kappa shape index (κ3) is 3.20. The van der Waals surface area contributed by atoms with Gasteiger partial charge in [0.2, 0.25) is 0 Å². The molecule has 1 aliphatic carbocycles. The van der Waals surface area contributed by atoms with E-state index < -0.39 is 0 Å². The zero-order chi connectivity index (χ0) is 13.0. The van der Waals surface area contributed by atoms with Crippen LogP contribution in [0, 0.1) is 0 Å². The van der Waals surface area contributed by atoms with E-state index >= 15 is 0 Å². The lowest BCUT2D eigenvalue weighted by Gasteiger charge is -2.20. The molecule has 0 bridgehead atoms. The number of aliphatic hydroxyl groups excluding tert-OH is 1. The van der Waals surface area contributed by atoms with Gasteiger partial charge in [0, 0.05) is 26.8 Å². The van der Waals surface area contributed by atoms with E-state index in [1.54, 1.807) is 25.6 Å². The Balaban J connectivity index is 2.13. The van der Waals surface area contributed by atoms with Crippen LogP contribution >= 0.6 is 11.3 Å². The molecule has 6 heteroatoms. The number of aliphatic hydroxyl groups is 1. The number of ether oxygens (including phenoxy) is 2. The molecule has 0 spiro atoms. The average molecular weight is 272 g/mol. The van der Waals surface area contributed by atoms with Crippen LogP contribution in [-0.4, -0.2) is 43.5 Å². The Morgan fingerprint density at radius 2 is 2.17 bits per heavy atom. The summed E-state index contributed by atoms with van der Waals surface area (Å²) in [5, 5.41) is 10.3. The molecule has 0 saturated heterocycles. The standard InChI is InChI=1S/C12H20N2O3S/c1-16-6-5-14(9-3-4-9)12-13-10(8-17-2)11(7-15)18-12/h9,15H,3-8H2,1-2H3. The molecule has 0 unspecified atom stereocenters. The topological polar surface area (TPSA) is 54.8 Å². The van der Waals surface area contributed by atoms with Gasteiger partial charge in [-0.2, -0.15) is 0 Å². The molecule has 102 valence electrons. The van der Waals surface area contributed by atoms with Crippen molar-refractivity contribution in [1.29, 1.82) is 0 Å². The summed E-state index contributed by atoms with van der Waals surface area (Å²) in [6.07, 6.45) is 2.44. The minimum absolute atomic E-state index is 0.0269. The normalized spacial score (nSPS) is 15.1. The number of thiazole rings is 1. The van der Waals surface area contributed by atoms with E-state index in [-0.39, 0.29) is 6.61 Å². The van der Waals surface area contributed by atoms with Crippen molar-refractivity contribution in [2.24, 2.45) is 0 Å². The average Bonchev–Trinajstić information content (AvgIpc) is 3.12. The number of aromatic nitrogens is 1. The van der Waals surface area contributed by atoms with E-state index in [0.717, 1.165) is 22.2 Å². The van der Waals surface area contributed by atoms with E-state index in [4.69, 9.17) is 9.47 Å². The van der Waals surface area contributed by atoms with Gasteiger partial charge in [0.15, 0.2) is 5.13 Å². The fourth-order valence-electron chi connectivity index (χ4n) is 1.88. The second-order valence-electron chi connectivity index (χ2n) is 4.37. The number of hydrogen-bond acceptors (Lipinski definition) is 6. The Kier molecular flexibility index (Phi) is 4.94. The number of hydrogen-bond donors (Lipinski definition) is 1. The summed E-state index contributed by atoms with van der Waals surface area (Å²) in [5.74, 6) is 0. The van der Waals surface area contributed by atoms with Crippen molar-refractivity contribution < 1.29 is 14.6 Å². The van der Waals surface area contributed by atoms with Crippen LogP contribution in [0.1, 0.15) is 23.4 Å². The summed E-state index contributed by atoms with van der Waals surface area (Å²) >= 11 is 1.56. The van der Waals surface area contributed by atoms with Gasteiger partial charge in [-0.15, -0.1) is 0 Å². The van der Waals surface area contributed by atoms with Gasteiger partial charge in [-0.3, -0.25) is 0 Å². The van der Waals surface area contributed by atoms with E-state index in [2.05, 4.69) is 9.88 Å². The van der Waals surface area contributed by atoms with Gasteiger partial charge in [0.1, 0.15) is 0 Å². The Morgan fingerprint density at radius 1 is 1.39 bits per heavy atom. The van der Waals surface area contributed by atoms with Gasteiger partial charge in [0.05, 0.1) is 30.4 Å². The molecule has 1 aromatic heterocycles. The summed E-state index contributed by atoms with van der Waals surface area (Å²) in [6.45, 7) is 2.03. The maximum Gasteiger partial charge on any atom is 0.186 e. The molecule has 0 aromatic carbocycles. The lowest BCUT2D eigenvalue weighted by atomic mass is 10.4. The van der Waals surface area contributed by atoms with Crippen LogP contribution in [0.3, 0.4) is 0 Å². The van der Waals surface area contributed by atoms with Gasteiger partial charge in [-0.1, -0.05) is 11.3 Å². The second-order valence-corrected chi connectivity index (χ2v) is 5.44. The van der Waals surface area contributed by atoms with Crippen LogP contribution in [0.5, 0.6) is 0 Å². The minimum Gasteiger partial charge on any atom is -0.391 e. The highest BCUT2D eigenvalue weighted by Crippen LogP contribution is 2.35. The highest BCUT2D eigenvalue weighted by atomic mass is 32.1. The molecule has 0 amide bonds. The molecule has 18 heavy (non-hydrogen) atoms. The third-order valence-electron chi connectivity index (χ3n) is 2.96. The molecule has 1 saturated carbocycles. The molecule has 0 atom stereocenters. The van der Waals surface area contributed by atoms with E-state index in [9.17, 15) is 5.11 Å². The number of methoxy groups -OCH3 is 2. The van der Waals surface area contributed by atoms with Gasteiger partial charge >= 0.3 is 0 Å². The first kappa shape index (κ1) is 13.7. The lowest BCUT2D eigenvalue weighted by Crippen LogP contribution is -2.29. The predicted molar refractivity (Wildman–Crippen MR) is 71.0 cm³/mol. The van der Waals surface area contributed by atoms with Crippen molar-refractivity contribution in [1.82, 2.24) is 4.98 Å². The smallest absolute Gasteiger partial charge is 0.186 e. The van der Waals surface area contributed by atoms with Crippen LogP contribution in [0.25, 0.3) is 0 Å². The quantitative estimate of drug-likeness (QED) is 0.775. The van der Waals surface area contributed by atoms with Crippen LogP contribution in [0.4, 0.5) is 5.13 Å². The van der Waals surface area contributed by atoms with Crippen molar-refractivity contribution in [2.75, 3.05) is 32.3 Å². The number of nitrogens with zero attached hydrogens (tertiary/aromatic N) is 2. The minimum atomic E-state index is 0.0269. The van der Waals surface area contributed by atoms with Crippen molar-refractivity contribution in [3.05, 3.63) is 10.6 Å². The highest BCUT2D eigenvalue weighted by molar-refractivity contribution is 7.15. The highest BCUT2D eigenvalue weighted by Gasteiger charge is 2.31. The second kappa shape index (κ2) is 6.47. The first-order valence-corrected chi connectivity index (χ1v) is 6.95. The van der Waals surface area contributed by atoms with Crippen LogP contribution in [0.15, 0.2) is 0 Å². The molecular formula is C12H20N2O3S. The molecule has 0 aliphatic heterocycles. The zero-order valence-electron chi connectivity index (χ0n) is 10.9. The Bertz CT molecular complexity index is 379. The molecule has 1 N–H and O–H groups in total. The zero-order valence-corrected chi connectivity index (χ0v) is 11.7. The van der Waals surface area contributed by atoms with Gasteiger partial charge in [-0.25, -0.2) is 4.98 Å². The molecule has 1 aromatic rings. The van der Waals surface area contributed by atoms with E-state index in [1.807, 2.05) is 0 Å². The molecule has 1 aliphatic rings. The lowest BCUT2D eigenvalue weighted by molar-refractivity contribution is 0.179. The summed E-state index contributed by atoms with van der Waals surface area (Å²) in [7, 11) is 3.35. The Labute approximate surface area is 111 Å². The third-order valence-corrected chi connectivity index (χ3v) is 4.08. The van der Waals surface area contributed by atoms with Crippen molar-refractivity contribution in [2.45, 2.75) is 32.1 Å². The monoisotopic (exact) mass is 272 g/mol. The molecule has 0 radical (unpaired) electrons. The molecule has 1 heterocycles. The van der Waals surface area contributed by atoms with Gasteiger partial charge < -0.3 is 19.5 Å². The Hall–Kier alpha value is -0.690. The summed E-state index contributed by atoms with van der Waals surface area (Å²) in [5.41, 5.74) is 0.850. The van der Waals surface area contributed by atoms with E-state index in [0.29, 0.717) is 19.3 Å². The van der Waals surface area contributed by atoms with Crippen molar-refractivity contribution in [3.63, 3.8) is 0 Å². The molecule has 1 fully saturated rings. The van der Waals surface area contributed by atoms with Gasteiger partial charge in [0.25, 0.3) is 0 Å². The fourth-order valence-corrected chi connectivity index (χ4v) is 2.90. The van der Waals surface area contributed by atoms with Crippen molar-refractivity contribution >= 4 is 16.5 Å². The molecule has 5 nitrogen and oxygen atoms in total. The maximum atomic E-state index is 9.34. The van der Waals surface area contributed by atoms with Crippen molar-refractivity contribution in [3.8, 4) is 0 Å². The SMILES string of the molecule is COCCN(c1nc(COC)c(CO)s1)C1CC1. The van der Waals surface area contributed by atoms with Crippen LogP contribution in [0.2, 0.25) is 0 Å². The largest absolute Gasteiger partial charge is 0.391 e. The van der Waals surface area contributed by atoms with E-state index in [1.165, 1.54) is 12.8 Å². The molecular weight excluding hydrogens is 252 g/mol. The van der Waals surface area contributed by atoms with Crippen LogP contribution in [-0.2, 0) is 22.7 Å². The maximum absolute atomic E-state index is 9.34. The van der Waals surface area contributed by atoms with Gasteiger partial charge in [-0.05, 0) is 12.8 Å². The Morgan fingerprint density at radius 3 is 2.72 bits per heavy atom. The van der Waals surface area contributed by atoms with Crippen LogP contribution < -0.4 is 4.90 Å².